The molecule has 0 aliphatic carbocycles. The number of hydrogen-bond donors (Lipinski definition) is 2. The van der Waals surface area contributed by atoms with E-state index in [0.717, 1.165) is 64.9 Å². The maximum Gasteiger partial charge on any atom is 0.191 e. The summed E-state index contributed by atoms with van der Waals surface area (Å²) in [5, 5.41) is 6.83. The molecule has 0 radical (unpaired) electrons. The molecule has 0 bridgehead atoms. The number of halogens is 1. The Morgan fingerprint density at radius 3 is 2.74 bits per heavy atom. The smallest absolute Gasteiger partial charge is 0.191 e. The normalized spacial score (nSPS) is 25.9. The number of ether oxygens (including phenoxy) is 1. The van der Waals surface area contributed by atoms with E-state index < -0.39 is 0 Å². The van der Waals surface area contributed by atoms with Crippen LogP contribution in [-0.4, -0.2) is 73.8 Å². The van der Waals surface area contributed by atoms with E-state index in [0.29, 0.717) is 4.75 Å². The predicted octanol–water partition coefficient (Wildman–Crippen LogP) is 2.17. The molecule has 0 aromatic heterocycles. The number of aliphatic imine (C=N–C) groups is 1. The lowest BCUT2D eigenvalue weighted by Crippen LogP contribution is -2.41. The number of guanidine groups is 1. The first-order chi connectivity index (χ1) is 10.7. The molecular formula is C16H33IN4OS. The Balaban J connectivity index is 0.00000264. The average molecular weight is 456 g/mol. The summed E-state index contributed by atoms with van der Waals surface area (Å²) in [6.07, 6.45) is 3.77. The lowest BCUT2D eigenvalue weighted by atomic mass is 10.1. The summed E-state index contributed by atoms with van der Waals surface area (Å²) >= 11 is 2.07. The lowest BCUT2D eigenvalue weighted by Gasteiger charge is -2.26. The number of morpholine rings is 1. The van der Waals surface area contributed by atoms with E-state index in [2.05, 4.69) is 41.1 Å². The zero-order valence-electron chi connectivity index (χ0n) is 14.6. The van der Waals surface area contributed by atoms with Gasteiger partial charge in [0.05, 0.1) is 19.8 Å². The van der Waals surface area contributed by atoms with Gasteiger partial charge in [0, 0.05) is 30.9 Å². The van der Waals surface area contributed by atoms with E-state index in [1.165, 1.54) is 18.6 Å². The molecule has 23 heavy (non-hydrogen) atoms. The molecule has 5 nitrogen and oxygen atoms in total. The lowest BCUT2D eigenvalue weighted by molar-refractivity contribution is 0.0376. The second kappa shape index (κ2) is 11.8. The number of nitrogens with one attached hydrogen (secondary N) is 2. The molecule has 2 aliphatic heterocycles. The third-order valence-electron chi connectivity index (χ3n) is 4.26. The SMILES string of the molecule is CCNC(=NCC1(C)CCCS1)NCCCN1CCOCC1.I. The molecular weight excluding hydrogens is 423 g/mol. The zero-order chi connectivity index (χ0) is 15.7. The van der Waals surface area contributed by atoms with Crippen LogP contribution in [0, 0.1) is 0 Å². The number of thioether (sulfide) groups is 1. The van der Waals surface area contributed by atoms with Crippen LogP contribution in [0.15, 0.2) is 4.99 Å². The zero-order valence-corrected chi connectivity index (χ0v) is 17.8. The number of hydrogen-bond acceptors (Lipinski definition) is 4. The van der Waals surface area contributed by atoms with E-state index in [4.69, 9.17) is 9.73 Å². The molecule has 2 saturated heterocycles. The van der Waals surface area contributed by atoms with Gasteiger partial charge in [-0.15, -0.1) is 24.0 Å². The summed E-state index contributed by atoms with van der Waals surface area (Å²) < 4.78 is 5.72. The van der Waals surface area contributed by atoms with Crippen molar-refractivity contribution in [2.24, 2.45) is 4.99 Å². The van der Waals surface area contributed by atoms with Crippen molar-refractivity contribution < 1.29 is 4.74 Å². The Morgan fingerprint density at radius 2 is 2.09 bits per heavy atom. The van der Waals surface area contributed by atoms with Crippen molar-refractivity contribution in [1.29, 1.82) is 0 Å². The van der Waals surface area contributed by atoms with Crippen LogP contribution in [0.1, 0.15) is 33.1 Å². The topological polar surface area (TPSA) is 48.9 Å². The highest BCUT2D eigenvalue weighted by Gasteiger charge is 2.29. The first-order valence-corrected chi connectivity index (χ1v) is 9.67. The molecule has 2 N–H and O–H groups in total. The van der Waals surface area contributed by atoms with E-state index in [1.54, 1.807) is 0 Å². The Morgan fingerprint density at radius 1 is 1.30 bits per heavy atom. The van der Waals surface area contributed by atoms with Crippen LogP contribution in [-0.2, 0) is 4.74 Å². The maximum absolute atomic E-state index is 5.38. The number of nitrogens with zero attached hydrogens (tertiary/aromatic N) is 2. The van der Waals surface area contributed by atoms with Gasteiger partial charge in [-0.1, -0.05) is 0 Å². The standard InChI is InChI=1S/C16H32N4OS.HI/c1-3-17-15(19-14-16(2)6-4-13-22-16)18-7-5-8-20-9-11-21-12-10-20;/h3-14H2,1-2H3,(H2,17,18,19);1H. The molecule has 2 rings (SSSR count). The molecule has 1 atom stereocenters. The van der Waals surface area contributed by atoms with Gasteiger partial charge in [-0.25, -0.2) is 0 Å². The summed E-state index contributed by atoms with van der Waals surface area (Å²) in [7, 11) is 0. The van der Waals surface area contributed by atoms with Gasteiger partial charge in [0.15, 0.2) is 5.96 Å². The fourth-order valence-corrected chi connectivity index (χ4v) is 4.11. The fourth-order valence-electron chi connectivity index (χ4n) is 2.88. The monoisotopic (exact) mass is 456 g/mol. The van der Waals surface area contributed by atoms with Gasteiger partial charge in [0.1, 0.15) is 0 Å². The highest BCUT2D eigenvalue weighted by molar-refractivity contribution is 14.0. The largest absolute Gasteiger partial charge is 0.379 e. The van der Waals surface area contributed by atoms with Crippen molar-refractivity contribution in [2.45, 2.75) is 37.9 Å². The van der Waals surface area contributed by atoms with Crippen LogP contribution in [0.25, 0.3) is 0 Å². The van der Waals surface area contributed by atoms with Crippen molar-refractivity contribution >= 4 is 41.7 Å². The van der Waals surface area contributed by atoms with Crippen molar-refractivity contribution in [3.8, 4) is 0 Å². The molecule has 2 heterocycles. The molecule has 0 spiro atoms. The summed E-state index contributed by atoms with van der Waals surface area (Å²) in [6, 6.07) is 0. The Hall–Kier alpha value is 0.270. The van der Waals surface area contributed by atoms with E-state index in [9.17, 15) is 0 Å². The first kappa shape index (κ1) is 21.3. The van der Waals surface area contributed by atoms with Gasteiger partial charge in [-0.05, 0) is 45.4 Å². The molecule has 7 heteroatoms. The van der Waals surface area contributed by atoms with Crippen molar-refractivity contribution in [3.63, 3.8) is 0 Å². The molecule has 2 aliphatic rings. The second-order valence-electron chi connectivity index (χ2n) is 6.33. The third kappa shape index (κ3) is 8.27. The van der Waals surface area contributed by atoms with Crippen molar-refractivity contribution in [1.82, 2.24) is 15.5 Å². The first-order valence-electron chi connectivity index (χ1n) is 8.68. The third-order valence-corrected chi connectivity index (χ3v) is 5.79. The van der Waals surface area contributed by atoms with Crippen LogP contribution < -0.4 is 10.6 Å². The van der Waals surface area contributed by atoms with Crippen molar-refractivity contribution in [2.75, 3.05) is 58.2 Å². The summed E-state index contributed by atoms with van der Waals surface area (Å²) in [5.41, 5.74) is 0. The minimum atomic E-state index is 0. The Kier molecular flexibility index (Phi) is 10.9. The maximum atomic E-state index is 5.38. The minimum Gasteiger partial charge on any atom is -0.379 e. The molecule has 0 aromatic rings. The summed E-state index contributed by atoms with van der Waals surface area (Å²) in [5.74, 6) is 2.26. The summed E-state index contributed by atoms with van der Waals surface area (Å²) in [6.45, 7) is 12.3. The van der Waals surface area contributed by atoms with Gasteiger partial charge < -0.3 is 15.4 Å². The molecule has 0 amide bonds. The average Bonchev–Trinajstić information content (AvgIpc) is 2.97. The molecule has 0 saturated carbocycles. The molecule has 0 aromatic carbocycles. The van der Waals surface area contributed by atoms with Gasteiger partial charge in [0.2, 0.25) is 0 Å². The van der Waals surface area contributed by atoms with Crippen LogP contribution >= 0.6 is 35.7 Å². The molecule has 2 fully saturated rings. The Bertz CT molecular complexity index is 345. The van der Waals surface area contributed by atoms with Crippen LogP contribution in [0.4, 0.5) is 0 Å². The van der Waals surface area contributed by atoms with Crippen LogP contribution in [0.3, 0.4) is 0 Å². The fraction of sp³-hybridized carbons (Fsp3) is 0.938. The van der Waals surface area contributed by atoms with Crippen LogP contribution in [0.2, 0.25) is 0 Å². The van der Waals surface area contributed by atoms with Gasteiger partial charge in [-0.3, -0.25) is 9.89 Å². The van der Waals surface area contributed by atoms with Gasteiger partial charge in [-0.2, -0.15) is 11.8 Å². The molecule has 136 valence electrons. The van der Waals surface area contributed by atoms with Crippen molar-refractivity contribution in [3.05, 3.63) is 0 Å². The van der Waals surface area contributed by atoms with E-state index in [-0.39, 0.29) is 24.0 Å². The van der Waals surface area contributed by atoms with E-state index in [1.807, 2.05) is 0 Å². The van der Waals surface area contributed by atoms with E-state index >= 15 is 0 Å². The molecule has 1 unspecified atom stereocenters. The van der Waals surface area contributed by atoms with Crippen LogP contribution in [0.5, 0.6) is 0 Å². The number of rotatable bonds is 7. The Labute approximate surface area is 162 Å². The highest BCUT2D eigenvalue weighted by atomic mass is 127. The quantitative estimate of drug-likeness (QED) is 0.266. The summed E-state index contributed by atoms with van der Waals surface area (Å²) in [4.78, 5) is 7.27. The minimum absolute atomic E-state index is 0. The second-order valence-corrected chi connectivity index (χ2v) is 8.01. The van der Waals surface area contributed by atoms with Gasteiger partial charge in [0.25, 0.3) is 0 Å². The van der Waals surface area contributed by atoms with Gasteiger partial charge >= 0.3 is 0 Å². The highest BCUT2D eigenvalue weighted by Crippen LogP contribution is 2.37. The predicted molar refractivity (Wildman–Crippen MR) is 111 cm³/mol.